The number of carbonyl (C=O) groups is 3. The van der Waals surface area contributed by atoms with Gasteiger partial charge in [-0.1, -0.05) is 11.6 Å². The minimum atomic E-state index is -0.755. The molecule has 0 saturated heterocycles. The first-order valence-corrected chi connectivity index (χ1v) is 10.5. The molecule has 2 amide bonds. The van der Waals surface area contributed by atoms with Crippen LogP contribution in [0.3, 0.4) is 0 Å². The lowest BCUT2D eigenvalue weighted by atomic mass is 10.1. The summed E-state index contributed by atoms with van der Waals surface area (Å²) in [7, 11) is 0. The molecule has 0 saturated carbocycles. The number of aromatic nitrogens is 3. The lowest BCUT2D eigenvalue weighted by Crippen LogP contribution is -2.30. The van der Waals surface area contributed by atoms with E-state index in [1.54, 1.807) is 12.1 Å². The Bertz CT molecular complexity index is 1290. The van der Waals surface area contributed by atoms with Crippen LogP contribution in [0.2, 0.25) is 5.02 Å². The van der Waals surface area contributed by atoms with Crippen LogP contribution in [-0.4, -0.2) is 43.8 Å². The molecule has 33 heavy (non-hydrogen) atoms. The van der Waals surface area contributed by atoms with E-state index in [4.69, 9.17) is 11.6 Å². The number of nitrogens with one attached hydrogen (secondary N) is 2. The number of rotatable bonds is 7. The van der Waals surface area contributed by atoms with Gasteiger partial charge >= 0.3 is 0 Å². The number of nitrogens with zero attached hydrogens (tertiary/aromatic N) is 4. The van der Waals surface area contributed by atoms with Crippen molar-refractivity contribution in [1.82, 2.24) is 20.1 Å². The number of halogens is 2. The first-order valence-electron chi connectivity index (χ1n) is 9.33. The Morgan fingerprint density at radius 2 is 1.97 bits per heavy atom. The standard InChI is InChI=1S/C20H16BrClN6O5/c1-10-6-12(28(32)33)7-13(19(30)24-9-11(2)29)17(10)25-20(31)15-8-16(21)26-27(15)18-14(22)4-3-5-23-18/h3-8H,9H2,1-2H3,(H,24,30)(H,25,31). The van der Waals surface area contributed by atoms with Gasteiger partial charge in [-0.05, 0) is 47.5 Å². The van der Waals surface area contributed by atoms with Crippen molar-refractivity contribution in [2.45, 2.75) is 13.8 Å². The van der Waals surface area contributed by atoms with E-state index < -0.39 is 16.7 Å². The zero-order chi connectivity index (χ0) is 24.3. The Kier molecular flexibility index (Phi) is 7.19. The van der Waals surface area contributed by atoms with E-state index in [9.17, 15) is 24.5 Å². The molecule has 3 rings (SSSR count). The van der Waals surface area contributed by atoms with Crippen LogP contribution in [0.5, 0.6) is 0 Å². The molecular formula is C20H16BrClN6O5. The van der Waals surface area contributed by atoms with Crippen LogP contribution in [-0.2, 0) is 4.79 Å². The maximum absolute atomic E-state index is 13.2. The number of nitro benzene ring substituents is 1. The van der Waals surface area contributed by atoms with Gasteiger partial charge in [-0.25, -0.2) is 9.67 Å². The van der Waals surface area contributed by atoms with Crippen molar-refractivity contribution in [1.29, 1.82) is 0 Å². The summed E-state index contributed by atoms with van der Waals surface area (Å²) < 4.78 is 1.55. The molecule has 2 N–H and O–H groups in total. The van der Waals surface area contributed by atoms with Crippen molar-refractivity contribution < 1.29 is 19.3 Å². The minimum absolute atomic E-state index is 0.0373. The number of ketones is 1. The summed E-state index contributed by atoms with van der Waals surface area (Å²) in [6, 6.07) is 6.88. The Hall–Kier alpha value is -3.64. The molecule has 1 aromatic carbocycles. The molecule has 0 fully saturated rings. The number of non-ortho nitro benzene ring substituents is 1. The fourth-order valence-corrected chi connectivity index (χ4v) is 3.48. The molecule has 0 aliphatic heterocycles. The number of benzene rings is 1. The predicted octanol–water partition coefficient (Wildman–Crippen LogP) is 3.47. The van der Waals surface area contributed by atoms with Crippen molar-refractivity contribution in [3.8, 4) is 5.82 Å². The fraction of sp³-hybridized carbons (Fsp3) is 0.150. The third-order valence-electron chi connectivity index (χ3n) is 4.36. The molecule has 3 aromatic rings. The van der Waals surface area contributed by atoms with E-state index >= 15 is 0 Å². The zero-order valence-electron chi connectivity index (χ0n) is 17.3. The second-order valence-electron chi connectivity index (χ2n) is 6.85. The quantitative estimate of drug-likeness (QED) is 0.347. The number of carbonyl (C=O) groups excluding carboxylic acids is 3. The van der Waals surface area contributed by atoms with E-state index in [0.29, 0.717) is 4.60 Å². The monoisotopic (exact) mass is 534 g/mol. The number of nitro groups is 1. The van der Waals surface area contributed by atoms with Crippen molar-refractivity contribution in [3.05, 3.63) is 73.1 Å². The van der Waals surface area contributed by atoms with Crippen LogP contribution >= 0.6 is 27.5 Å². The van der Waals surface area contributed by atoms with Crippen LogP contribution in [0, 0.1) is 17.0 Å². The maximum Gasteiger partial charge on any atom is 0.274 e. The normalized spacial score (nSPS) is 10.5. The van der Waals surface area contributed by atoms with Crippen LogP contribution in [0.25, 0.3) is 5.82 Å². The SMILES string of the molecule is CC(=O)CNC(=O)c1cc([N+](=O)[O-])cc(C)c1NC(=O)c1cc(Br)nn1-c1ncccc1Cl. The number of anilines is 1. The van der Waals surface area contributed by atoms with Crippen LogP contribution in [0.1, 0.15) is 33.3 Å². The molecule has 0 atom stereocenters. The van der Waals surface area contributed by atoms with Crippen molar-refractivity contribution in [2.75, 3.05) is 11.9 Å². The van der Waals surface area contributed by atoms with E-state index in [1.165, 1.54) is 36.9 Å². The summed E-state index contributed by atoms with van der Waals surface area (Å²) in [4.78, 5) is 51.8. The van der Waals surface area contributed by atoms with Gasteiger partial charge in [0.25, 0.3) is 17.5 Å². The highest BCUT2D eigenvalue weighted by atomic mass is 79.9. The Morgan fingerprint density at radius 3 is 2.61 bits per heavy atom. The highest BCUT2D eigenvalue weighted by molar-refractivity contribution is 9.10. The second-order valence-corrected chi connectivity index (χ2v) is 8.07. The van der Waals surface area contributed by atoms with Crippen LogP contribution in [0.15, 0.2) is 41.1 Å². The fourth-order valence-electron chi connectivity index (χ4n) is 2.90. The summed E-state index contributed by atoms with van der Waals surface area (Å²) in [5.41, 5.74) is -0.159. The molecule has 0 aliphatic rings. The third-order valence-corrected chi connectivity index (χ3v) is 5.05. The van der Waals surface area contributed by atoms with E-state index in [0.717, 1.165) is 6.07 Å². The molecule has 0 unspecified atom stereocenters. The van der Waals surface area contributed by atoms with Crippen molar-refractivity contribution in [3.63, 3.8) is 0 Å². The molecular weight excluding hydrogens is 520 g/mol. The molecule has 13 heteroatoms. The maximum atomic E-state index is 13.2. The Balaban J connectivity index is 2.04. The molecule has 0 radical (unpaired) electrons. The van der Waals surface area contributed by atoms with Gasteiger partial charge in [0.2, 0.25) is 0 Å². The van der Waals surface area contributed by atoms with E-state index in [1.807, 2.05) is 0 Å². The Morgan fingerprint density at radius 1 is 1.24 bits per heavy atom. The van der Waals surface area contributed by atoms with Gasteiger partial charge < -0.3 is 10.6 Å². The van der Waals surface area contributed by atoms with Gasteiger partial charge in [-0.15, -0.1) is 0 Å². The van der Waals surface area contributed by atoms with Crippen LogP contribution in [0.4, 0.5) is 11.4 Å². The van der Waals surface area contributed by atoms with Gasteiger partial charge in [-0.3, -0.25) is 24.5 Å². The van der Waals surface area contributed by atoms with Gasteiger partial charge in [0.15, 0.2) is 5.82 Å². The number of hydrogen-bond acceptors (Lipinski definition) is 7. The predicted molar refractivity (Wildman–Crippen MR) is 123 cm³/mol. The average molecular weight is 536 g/mol. The summed E-state index contributed by atoms with van der Waals surface area (Å²) in [5.74, 6) is -1.53. The summed E-state index contributed by atoms with van der Waals surface area (Å²) in [6.07, 6.45) is 1.48. The second kappa shape index (κ2) is 9.88. The molecule has 11 nitrogen and oxygen atoms in total. The summed E-state index contributed by atoms with van der Waals surface area (Å²) in [5, 5.41) is 20.7. The largest absolute Gasteiger partial charge is 0.345 e. The molecule has 2 aromatic heterocycles. The lowest BCUT2D eigenvalue weighted by Gasteiger charge is -2.14. The highest BCUT2D eigenvalue weighted by Gasteiger charge is 2.24. The van der Waals surface area contributed by atoms with E-state index in [2.05, 4.69) is 36.6 Å². The molecule has 0 aliphatic carbocycles. The van der Waals surface area contributed by atoms with Gasteiger partial charge in [0.1, 0.15) is 16.1 Å². The first kappa shape index (κ1) is 24.0. The molecule has 0 bridgehead atoms. The van der Waals surface area contributed by atoms with Gasteiger partial charge in [-0.2, -0.15) is 5.10 Å². The van der Waals surface area contributed by atoms with E-state index in [-0.39, 0.29) is 51.4 Å². The van der Waals surface area contributed by atoms with Crippen LogP contribution < -0.4 is 10.6 Å². The van der Waals surface area contributed by atoms with Gasteiger partial charge in [0, 0.05) is 24.4 Å². The van der Waals surface area contributed by atoms with Crippen molar-refractivity contribution >= 4 is 56.5 Å². The Labute approximate surface area is 200 Å². The van der Waals surface area contributed by atoms with Crippen molar-refractivity contribution in [2.24, 2.45) is 0 Å². The number of Topliss-reactive ketones (excluding diaryl/α,β-unsaturated/α-hetero) is 1. The summed E-state index contributed by atoms with van der Waals surface area (Å²) >= 11 is 9.41. The molecule has 170 valence electrons. The number of amides is 2. The lowest BCUT2D eigenvalue weighted by molar-refractivity contribution is -0.384. The minimum Gasteiger partial charge on any atom is -0.345 e. The summed E-state index contributed by atoms with van der Waals surface area (Å²) in [6.45, 7) is 2.52. The average Bonchev–Trinajstić information content (AvgIpc) is 3.14. The topological polar surface area (TPSA) is 149 Å². The number of hydrogen-bond donors (Lipinski definition) is 2. The smallest absolute Gasteiger partial charge is 0.274 e. The first-order chi connectivity index (χ1) is 15.6. The number of pyridine rings is 1. The molecule has 2 heterocycles. The molecule has 0 spiro atoms. The highest BCUT2D eigenvalue weighted by Crippen LogP contribution is 2.28. The zero-order valence-corrected chi connectivity index (χ0v) is 19.6. The third kappa shape index (κ3) is 5.41. The number of aryl methyl sites for hydroxylation is 1. The van der Waals surface area contributed by atoms with Gasteiger partial charge in [0.05, 0.1) is 27.7 Å².